The van der Waals surface area contributed by atoms with Gasteiger partial charge in [0.1, 0.15) is 12.6 Å². The molecule has 1 aromatic rings. The molecule has 1 saturated heterocycles. The van der Waals surface area contributed by atoms with Crippen molar-refractivity contribution in [2.24, 2.45) is 0 Å². The normalized spacial score (nSPS) is 18.0. The quantitative estimate of drug-likeness (QED) is 0.823. The summed E-state index contributed by atoms with van der Waals surface area (Å²) in [5.41, 5.74) is 7.95. The summed E-state index contributed by atoms with van der Waals surface area (Å²) in [6.07, 6.45) is 1.47. The van der Waals surface area contributed by atoms with Crippen LogP contribution in [0.3, 0.4) is 0 Å². The second-order valence-corrected chi connectivity index (χ2v) is 5.24. The molecule has 1 aliphatic heterocycles. The molecule has 0 bridgehead atoms. The number of likely N-dealkylation sites (tertiary alicyclic amines) is 1. The van der Waals surface area contributed by atoms with E-state index >= 15 is 0 Å². The van der Waals surface area contributed by atoms with Gasteiger partial charge in [0.15, 0.2) is 0 Å². The average molecular weight is 294 g/mol. The Morgan fingerprint density at radius 3 is 2.71 bits per heavy atom. The van der Waals surface area contributed by atoms with Crippen molar-refractivity contribution in [2.75, 3.05) is 18.9 Å². The molecule has 7 nitrogen and oxygen atoms in total. The lowest BCUT2D eigenvalue weighted by Gasteiger charge is -2.23. The van der Waals surface area contributed by atoms with Crippen molar-refractivity contribution in [3.63, 3.8) is 0 Å². The van der Waals surface area contributed by atoms with Crippen LogP contribution in [0.25, 0.3) is 0 Å². The molecule has 0 saturated carbocycles. The molecule has 0 spiro atoms. The molecule has 0 aliphatic carbocycles. The van der Waals surface area contributed by atoms with E-state index in [1.165, 1.54) is 0 Å². The zero-order valence-corrected chi connectivity index (χ0v) is 12.8. The van der Waals surface area contributed by atoms with Crippen molar-refractivity contribution in [2.45, 2.75) is 46.2 Å². The average Bonchev–Trinajstić information content (AvgIpc) is 3.01. The summed E-state index contributed by atoms with van der Waals surface area (Å²) in [5, 5.41) is 4.26. The Hall–Kier alpha value is -2.05. The Kier molecular flexibility index (Phi) is 4.50. The number of carbonyl (C=O) groups excluding carboxylic acids is 2. The molecule has 1 unspecified atom stereocenters. The summed E-state index contributed by atoms with van der Waals surface area (Å²) in [4.78, 5) is 25.9. The fourth-order valence-corrected chi connectivity index (χ4v) is 2.63. The second-order valence-electron chi connectivity index (χ2n) is 5.24. The van der Waals surface area contributed by atoms with Crippen LogP contribution in [0.2, 0.25) is 0 Å². The molecule has 1 amide bonds. The molecule has 2 rings (SSSR count). The number of anilines is 1. The van der Waals surface area contributed by atoms with Crippen LogP contribution in [0.4, 0.5) is 5.69 Å². The highest BCUT2D eigenvalue weighted by Gasteiger charge is 2.35. The largest absolute Gasteiger partial charge is 0.464 e. The van der Waals surface area contributed by atoms with E-state index in [0.717, 1.165) is 12.1 Å². The zero-order chi connectivity index (χ0) is 15.6. The minimum Gasteiger partial charge on any atom is -0.464 e. The van der Waals surface area contributed by atoms with Crippen LogP contribution < -0.4 is 5.73 Å². The predicted octanol–water partition coefficient (Wildman–Crippen LogP) is 0.636. The Morgan fingerprint density at radius 1 is 1.43 bits per heavy atom. The first-order valence-electron chi connectivity index (χ1n) is 7.21. The third kappa shape index (κ3) is 3.01. The molecular formula is C14H22N4O3. The molecule has 2 heterocycles. The Labute approximate surface area is 124 Å². The second kappa shape index (κ2) is 6.15. The van der Waals surface area contributed by atoms with Crippen molar-refractivity contribution < 1.29 is 14.3 Å². The van der Waals surface area contributed by atoms with Gasteiger partial charge in [0, 0.05) is 6.54 Å². The van der Waals surface area contributed by atoms with E-state index in [9.17, 15) is 9.59 Å². The molecular weight excluding hydrogens is 272 g/mol. The fourth-order valence-electron chi connectivity index (χ4n) is 2.63. The topological polar surface area (TPSA) is 90.5 Å². The van der Waals surface area contributed by atoms with E-state index in [1.807, 2.05) is 6.92 Å². The highest BCUT2D eigenvalue weighted by molar-refractivity contribution is 5.85. The van der Waals surface area contributed by atoms with Crippen LogP contribution in [-0.4, -0.2) is 45.8 Å². The standard InChI is InChI=1S/C14H22N4O3/c1-4-21-14(20)11-6-5-7-17(11)12(19)8-18-10(3)13(15)9(2)16-18/h11H,4-8,15H2,1-3H3. The van der Waals surface area contributed by atoms with Gasteiger partial charge in [0.25, 0.3) is 0 Å². The molecule has 1 aromatic heterocycles. The van der Waals surface area contributed by atoms with E-state index < -0.39 is 6.04 Å². The van der Waals surface area contributed by atoms with Gasteiger partial charge in [-0.1, -0.05) is 0 Å². The maximum Gasteiger partial charge on any atom is 0.328 e. The van der Waals surface area contributed by atoms with Crippen LogP contribution in [0.15, 0.2) is 0 Å². The number of carbonyl (C=O) groups is 2. The zero-order valence-electron chi connectivity index (χ0n) is 12.8. The minimum absolute atomic E-state index is 0.0970. The molecule has 1 atom stereocenters. The number of ether oxygens (including phenoxy) is 1. The molecule has 7 heteroatoms. The number of esters is 1. The number of aryl methyl sites for hydroxylation is 1. The van der Waals surface area contributed by atoms with Crippen molar-refractivity contribution in [3.05, 3.63) is 11.4 Å². The van der Waals surface area contributed by atoms with Gasteiger partial charge in [-0.3, -0.25) is 9.48 Å². The Balaban J connectivity index is 2.08. The minimum atomic E-state index is -0.466. The highest BCUT2D eigenvalue weighted by Crippen LogP contribution is 2.20. The van der Waals surface area contributed by atoms with E-state index in [0.29, 0.717) is 31.0 Å². The molecule has 21 heavy (non-hydrogen) atoms. The maximum absolute atomic E-state index is 12.4. The van der Waals surface area contributed by atoms with Crippen molar-refractivity contribution in [1.29, 1.82) is 0 Å². The first-order valence-corrected chi connectivity index (χ1v) is 7.21. The van der Waals surface area contributed by atoms with Gasteiger partial charge < -0.3 is 15.4 Å². The number of aromatic nitrogens is 2. The highest BCUT2D eigenvalue weighted by atomic mass is 16.5. The molecule has 1 aliphatic rings. The number of hydrogen-bond acceptors (Lipinski definition) is 5. The summed E-state index contributed by atoms with van der Waals surface area (Å²) < 4.78 is 6.62. The van der Waals surface area contributed by atoms with E-state index in [1.54, 1.807) is 23.4 Å². The van der Waals surface area contributed by atoms with Gasteiger partial charge in [-0.25, -0.2) is 4.79 Å². The number of nitrogen functional groups attached to an aromatic ring is 1. The van der Waals surface area contributed by atoms with Gasteiger partial charge in [-0.2, -0.15) is 5.10 Å². The van der Waals surface area contributed by atoms with Crippen LogP contribution in [0.5, 0.6) is 0 Å². The van der Waals surface area contributed by atoms with Crippen LogP contribution in [0.1, 0.15) is 31.2 Å². The lowest BCUT2D eigenvalue weighted by atomic mass is 10.2. The first-order chi connectivity index (χ1) is 9.95. The maximum atomic E-state index is 12.4. The number of rotatable bonds is 4. The summed E-state index contributed by atoms with van der Waals surface area (Å²) in [7, 11) is 0. The van der Waals surface area contributed by atoms with Gasteiger partial charge in [0.05, 0.1) is 23.7 Å². The van der Waals surface area contributed by atoms with E-state index in [-0.39, 0.29) is 18.4 Å². The number of nitrogens with two attached hydrogens (primary N) is 1. The Morgan fingerprint density at radius 2 is 2.14 bits per heavy atom. The number of nitrogens with zero attached hydrogens (tertiary/aromatic N) is 3. The smallest absolute Gasteiger partial charge is 0.328 e. The molecule has 2 N–H and O–H groups in total. The van der Waals surface area contributed by atoms with Gasteiger partial charge >= 0.3 is 5.97 Å². The molecule has 116 valence electrons. The van der Waals surface area contributed by atoms with Crippen molar-refractivity contribution >= 4 is 17.6 Å². The summed E-state index contributed by atoms with van der Waals surface area (Å²) in [6.45, 7) is 6.40. The first kappa shape index (κ1) is 15.3. The summed E-state index contributed by atoms with van der Waals surface area (Å²) in [5.74, 6) is -0.451. The molecule has 0 aromatic carbocycles. The molecule has 0 radical (unpaired) electrons. The van der Waals surface area contributed by atoms with Gasteiger partial charge in [-0.15, -0.1) is 0 Å². The number of amides is 1. The van der Waals surface area contributed by atoms with Crippen LogP contribution in [0, 0.1) is 13.8 Å². The number of hydrogen-bond donors (Lipinski definition) is 1. The van der Waals surface area contributed by atoms with Gasteiger partial charge in [-0.05, 0) is 33.6 Å². The van der Waals surface area contributed by atoms with Crippen molar-refractivity contribution in [1.82, 2.24) is 14.7 Å². The van der Waals surface area contributed by atoms with Gasteiger partial charge in [0.2, 0.25) is 5.91 Å². The van der Waals surface area contributed by atoms with E-state index in [4.69, 9.17) is 10.5 Å². The van der Waals surface area contributed by atoms with Crippen LogP contribution in [-0.2, 0) is 20.9 Å². The summed E-state index contributed by atoms with van der Waals surface area (Å²) >= 11 is 0. The SMILES string of the molecule is CCOC(=O)C1CCCN1C(=O)Cn1nc(C)c(N)c1C. The Bertz CT molecular complexity index is 553. The monoisotopic (exact) mass is 294 g/mol. The lowest BCUT2D eigenvalue weighted by molar-refractivity contribution is -0.153. The van der Waals surface area contributed by atoms with E-state index in [2.05, 4.69) is 5.10 Å². The molecule has 1 fully saturated rings. The lowest BCUT2D eigenvalue weighted by Crippen LogP contribution is -2.43. The summed E-state index contributed by atoms with van der Waals surface area (Å²) in [6, 6.07) is -0.466. The predicted molar refractivity (Wildman–Crippen MR) is 77.5 cm³/mol. The third-order valence-corrected chi connectivity index (χ3v) is 3.85. The fraction of sp³-hybridized carbons (Fsp3) is 0.643. The third-order valence-electron chi connectivity index (χ3n) is 3.85. The van der Waals surface area contributed by atoms with Crippen LogP contribution >= 0.6 is 0 Å². The van der Waals surface area contributed by atoms with Crippen molar-refractivity contribution in [3.8, 4) is 0 Å².